The van der Waals surface area contributed by atoms with Crippen molar-refractivity contribution in [2.45, 2.75) is 32.7 Å². The number of aromatic nitrogens is 3. The molecule has 2 unspecified atom stereocenters. The fourth-order valence-corrected chi connectivity index (χ4v) is 5.76. The summed E-state index contributed by atoms with van der Waals surface area (Å²) in [5.74, 6) is 0.752. The minimum Gasteiger partial charge on any atom is -0.441 e. The summed E-state index contributed by atoms with van der Waals surface area (Å²) < 4.78 is 34.8. The summed E-state index contributed by atoms with van der Waals surface area (Å²) in [6.07, 6.45) is 5.19. The van der Waals surface area contributed by atoms with Crippen molar-refractivity contribution in [3.8, 4) is 11.5 Å². The predicted octanol–water partition coefficient (Wildman–Crippen LogP) is 5.75. The van der Waals surface area contributed by atoms with Gasteiger partial charge >= 0.3 is 0 Å². The lowest BCUT2D eigenvalue weighted by Gasteiger charge is -2.20. The lowest BCUT2D eigenvalue weighted by molar-refractivity contribution is -0.120. The fourth-order valence-electron chi connectivity index (χ4n) is 5.76. The topological polar surface area (TPSA) is 73.0 Å². The summed E-state index contributed by atoms with van der Waals surface area (Å²) in [4.78, 5) is 21.4. The number of aryl methyl sites for hydroxylation is 1. The molecule has 0 aliphatic heterocycles. The van der Waals surface area contributed by atoms with Crippen molar-refractivity contribution in [3.63, 3.8) is 0 Å². The number of anilines is 1. The highest BCUT2D eigenvalue weighted by Crippen LogP contribution is 2.64. The van der Waals surface area contributed by atoms with Crippen LogP contribution in [0.25, 0.3) is 22.5 Å². The van der Waals surface area contributed by atoms with Crippen molar-refractivity contribution in [2.24, 2.45) is 23.7 Å². The molecule has 34 heavy (non-hydrogen) atoms. The van der Waals surface area contributed by atoms with Gasteiger partial charge in [0.2, 0.25) is 11.8 Å². The first-order valence-corrected chi connectivity index (χ1v) is 11.5. The number of nitrogens with zero attached hydrogens (tertiary/aromatic N) is 3. The first-order chi connectivity index (χ1) is 16.4. The van der Waals surface area contributed by atoms with Gasteiger partial charge in [-0.2, -0.15) is 0 Å². The maximum absolute atomic E-state index is 13.8. The number of carbonyl (C=O) groups is 1. The molecule has 0 bridgehead atoms. The normalized spacial score (nSPS) is 24.2. The Balaban J connectivity index is 1.08. The molecule has 2 aliphatic carbocycles. The van der Waals surface area contributed by atoms with Gasteiger partial charge in [-0.15, -0.1) is 0 Å². The molecule has 0 spiro atoms. The average Bonchev–Trinajstić information content (AvgIpc) is 3.21. The largest absolute Gasteiger partial charge is 0.441 e. The summed E-state index contributed by atoms with van der Waals surface area (Å²) in [7, 11) is 0. The molecule has 0 radical (unpaired) electrons. The first kappa shape index (κ1) is 21.0. The highest BCUT2D eigenvalue weighted by molar-refractivity contribution is 5.93. The summed E-state index contributed by atoms with van der Waals surface area (Å²) in [6.45, 7) is 3.84. The molecule has 2 aliphatic rings. The van der Waals surface area contributed by atoms with Gasteiger partial charge in [-0.1, -0.05) is 6.92 Å². The Labute approximate surface area is 195 Å². The van der Waals surface area contributed by atoms with Gasteiger partial charge in [0, 0.05) is 35.3 Å². The number of carbonyl (C=O) groups excluding carboxylic acids is 1. The molecule has 0 saturated heterocycles. The van der Waals surface area contributed by atoms with Crippen LogP contribution in [0.3, 0.4) is 0 Å². The Morgan fingerprint density at radius 1 is 1.12 bits per heavy atom. The second kappa shape index (κ2) is 7.75. The standard InChI is InChI=1S/C26H24F2N4O2/c1-13-11-29-26(34-13)15-3-5-16(6-4-15)31-25(33)14(2)24-18-7-17(8-19(18)24)32-12-30-22-9-20(27)21(28)10-23(22)32/h3-6,9-12,14,17-19,24H,7-8H2,1-2H3,(H,31,33)/t14-,17?,18-,19+,24?/m0/s1. The van der Waals surface area contributed by atoms with Crippen LogP contribution in [0.4, 0.5) is 14.5 Å². The predicted molar refractivity (Wildman–Crippen MR) is 123 cm³/mol. The van der Waals surface area contributed by atoms with Gasteiger partial charge in [-0.05, 0) is 61.8 Å². The van der Waals surface area contributed by atoms with Crippen molar-refractivity contribution in [2.75, 3.05) is 5.32 Å². The summed E-state index contributed by atoms with van der Waals surface area (Å²) >= 11 is 0. The molecule has 5 atom stereocenters. The smallest absolute Gasteiger partial charge is 0.227 e. The van der Waals surface area contributed by atoms with Crippen molar-refractivity contribution in [1.29, 1.82) is 0 Å². The molecular weight excluding hydrogens is 438 g/mol. The first-order valence-electron chi connectivity index (χ1n) is 11.5. The Bertz CT molecular complexity index is 1380. The zero-order chi connectivity index (χ0) is 23.6. The van der Waals surface area contributed by atoms with Crippen LogP contribution in [-0.4, -0.2) is 20.4 Å². The molecule has 2 aromatic carbocycles. The van der Waals surface area contributed by atoms with E-state index in [4.69, 9.17) is 4.42 Å². The van der Waals surface area contributed by atoms with Crippen LogP contribution in [0, 0.1) is 42.2 Å². The van der Waals surface area contributed by atoms with Gasteiger partial charge in [0.15, 0.2) is 11.6 Å². The fraction of sp³-hybridized carbons (Fsp3) is 0.346. The van der Waals surface area contributed by atoms with E-state index in [9.17, 15) is 13.6 Å². The van der Waals surface area contributed by atoms with E-state index >= 15 is 0 Å². The maximum Gasteiger partial charge on any atom is 0.227 e. The number of hydrogen-bond donors (Lipinski definition) is 1. The number of benzene rings is 2. The molecule has 1 amide bonds. The number of fused-ring (bicyclic) bond motifs is 2. The van der Waals surface area contributed by atoms with Gasteiger partial charge in [-0.3, -0.25) is 4.79 Å². The van der Waals surface area contributed by atoms with E-state index in [0.717, 1.165) is 35.9 Å². The van der Waals surface area contributed by atoms with Crippen LogP contribution in [0.2, 0.25) is 0 Å². The maximum atomic E-state index is 13.8. The second-order valence-electron chi connectivity index (χ2n) is 9.57. The molecular formula is C26H24F2N4O2. The third-order valence-corrected chi connectivity index (χ3v) is 7.51. The third kappa shape index (κ3) is 3.48. The molecule has 1 N–H and O–H groups in total. The minimum atomic E-state index is -0.880. The number of halogens is 2. The number of imidazole rings is 1. The zero-order valence-electron chi connectivity index (χ0n) is 18.8. The minimum absolute atomic E-state index is 0.0151. The molecule has 8 heteroatoms. The average molecular weight is 463 g/mol. The molecule has 6 rings (SSSR count). The Kier molecular flexibility index (Phi) is 4.79. The van der Waals surface area contributed by atoms with Crippen molar-refractivity contribution < 1.29 is 18.0 Å². The SMILES string of the molecule is Cc1cnc(-c2ccc(NC(=O)[C@@H](C)C3[C@H]4CC(n5cnc6cc(F)c(F)cc65)C[C@@H]34)cc2)o1. The Hall–Kier alpha value is -3.55. The van der Waals surface area contributed by atoms with Crippen molar-refractivity contribution >= 4 is 22.6 Å². The highest BCUT2D eigenvalue weighted by atomic mass is 19.2. The van der Waals surface area contributed by atoms with Gasteiger partial charge in [0.05, 0.1) is 23.6 Å². The van der Waals surface area contributed by atoms with Crippen LogP contribution < -0.4 is 5.32 Å². The van der Waals surface area contributed by atoms with E-state index < -0.39 is 11.6 Å². The van der Waals surface area contributed by atoms with Crippen LogP contribution in [0.15, 0.2) is 53.3 Å². The number of nitrogens with one attached hydrogen (secondary N) is 1. The molecule has 6 nitrogen and oxygen atoms in total. The van der Waals surface area contributed by atoms with E-state index in [-0.39, 0.29) is 17.9 Å². The lowest BCUT2D eigenvalue weighted by Crippen LogP contribution is -2.24. The van der Waals surface area contributed by atoms with Gasteiger partial charge in [0.1, 0.15) is 5.76 Å². The number of oxazole rings is 1. The van der Waals surface area contributed by atoms with E-state index in [0.29, 0.717) is 34.7 Å². The number of rotatable bonds is 5. The summed E-state index contributed by atoms with van der Waals surface area (Å²) in [6, 6.07) is 10.0. The third-order valence-electron chi connectivity index (χ3n) is 7.51. The molecule has 4 aromatic rings. The molecule has 2 saturated carbocycles. The van der Waals surface area contributed by atoms with Crippen LogP contribution >= 0.6 is 0 Å². The molecule has 174 valence electrons. The quantitative estimate of drug-likeness (QED) is 0.410. The summed E-state index contributed by atoms with van der Waals surface area (Å²) in [5.41, 5.74) is 2.69. The lowest BCUT2D eigenvalue weighted by atomic mass is 9.96. The summed E-state index contributed by atoms with van der Waals surface area (Å²) in [5, 5.41) is 3.03. The van der Waals surface area contributed by atoms with Crippen LogP contribution in [0.5, 0.6) is 0 Å². The van der Waals surface area contributed by atoms with E-state index in [1.165, 1.54) is 6.07 Å². The zero-order valence-corrected chi connectivity index (χ0v) is 18.8. The van der Waals surface area contributed by atoms with Gasteiger partial charge < -0.3 is 14.3 Å². The van der Waals surface area contributed by atoms with Crippen molar-refractivity contribution in [1.82, 2.24) is 14.5 Å². The second-order valence-corrected chi connectivity index (χ2v) is 9.57. The molecule has 2 fully saturated rings. The van der Waals surface area contributed by atoms with Crippen molar-refractivity contribution in [3.05, 3.63) is 66.3 Å². The van der Waals surface area contributed by atoms with E-state index in [1.54, 1.807) is 12.5 Å². The van der Waals surface area contributed by atoms with E-state index in [2.05, 4.69) is 15.3 Å². The Morgan fingerprint density at radius 3 is 2.50 bits per heavy atom. The van der Waals surface area contributed by atoms with Crippen LogP contribution in [-0.2, 0) is 4.79 Å². The van der Waals surface area contributed by atoms with Gasteiger partial charge in [0.25, 0.3) is 0 Å². The molecule has 2 heterocycles. The molecule has 2 aromatic heterocycles. The van der Waals surface area contributed by atoms with E-state index in [1.807, 2.05) is 42.7 Å². The monoisotopic (exact) mass is 462 g/mol. The van der Waals surface area contributed by atoms with Crippen LogP contribution in [0.1, 0.15) is 31.6 Å². The number of hydrogen-bond acceptors (Lipinski definition) is 4. The van der Waals surface area contributed by atoms with Gasteiger partial charge in [-0.25, -0.2) is 18.7 Å². The Morgan fingerprint density at radius 2 is 1.82 bits per heavy atom. The highest BCUT2D eigenvalue weighted by Gasteiger charge is 2.59. The number of amides is 1.